The molecule has 6 nitrogen and oxygen atoms in total. The van der Waals surface area contributed by atoms with Crippen LogP contribution in [0.15, 0.2) is 30.6 Å². The zero-order valence-corrected chi connectivity index (χ0v) is 11.8. The predicted molar refractivity (Wildman–Crippen MR) is 73.7 cm³/mol. The lowest BCUT2D eigenvalue weighted by atomic mass is 10.2. The van der Waals surface area contributed by atoms with E-state index in [1.807, 2.05) is 6.92 Å². The number of nitro groups is 1. The fourth-order valence-electron chi connectivity index (χ4n) is 1.57. The summed E-state index contributed by atoms with van der Waals surface area (Å²) in [5.74, 6) is 0.696. The zero-order valence-electron chi connectivity index (χ0n) is 10.2. The maximum Gasteiger partial charge on any atom is 0.311 e. The van der Waals surface area contributed by atoms with Gasteiger partial charge in [0.2, 0.25) is 5.75 Å². The second-order valence-corrected chi connectivity index (χ2v) is 4.39. The molecule has 1 aromatic carbocycles. The summed E-state index contributed by atoms with van der Waals surface area (Å²) in [6, 6.07) is 4.87. The van der Waals surface area contributed by atoms with Crippen LogP contribution in [0.5, 0.6) is 11.5 Å². The van der Waals surface area contributed by atoms with Gasteiger partial charge in [-0.1, -0.05) is 22.0 Å². The van der Waals surface area contributed by atoms with E-state index in [0.717, 1.165) is 5.56 Å². The molecule has 0 unspecified atom stereocenters. The van der Waals surface area contributed by atoms with Crippen molar-refractivity contribution in [1.82, 2.24) is 9.78 Å². The third-order valence-electron chi connectivity index (χ3n) is 2.54. The molecule has 2 rings (SSSR count). The molecule has 0 spiro atoms. The first-order chi connectivity index (χ1) is 9.13. The Bertz CT molecular complexity index is 598. The Morgan fingerprint density at radius 1 is 1.53 bits per heavy atom. The van der Waals surface area contributed by atoms with Crippen molar-refractivity contribution in [2.75, 3.05) is 0 Å². The van der Waals surface area contributed by atoms with Crippen LogP contribution in [0.25, 0.3) is 0 Å². The standard InChI is InChI=1S/C12H12BrN3O3/c1-2-15-8-10(7-14-15)19-12-4-3-9(6-13)5-11(12)16(17)18/h3-5,7-8H,2,6H2,1H3. The van der Waals surface area contributed by atoms with E-state index < -0.39 is 4.92 Å². The number of aromatic nitrogens is 2. The third kappa shape index (κ3) is 3.11. The average molecular weight is 326 g/mol. The Morgan fingerprint density at radius 2 is 2.32 bits per heavy atom. The fourth-order valence-corrected chi connectivity index (χ4v) is 1.92. The summed E-state index contributed by atoms with van der Waals surface area (Å²) in [7, 11) is 0. The summed E-state index contributed by atoms with van der Waals surface area (Å²) in [6.45, 7) is 2.66. The van der Waals surface area contributed by atoms with E-state index in [1.54, 1.807) is 23.0 Å². The molecule has 1 heterocycles. The number of halogens is 1. The maximum atomic E-state index is 11.0. The van der Waals surface area contributed by atoms with Gasteiger partial charge in [0.1, 0.15) is 0 Å². The molecule has 0 N–H and O–H groups in total. The molecular weight excluding hydrogens is 314 g/mol. The lowest BCUT2D eigenvalue weighted by Crippen LogP contribution is -1.95. The van der Waals surface area contributed by atoms with Crippen LogP contribution in [0.2, 0.25) is 0 Å². The molecule has 0 saturated carbocycles. The number of hydrogen-bond donors (Lipinski definition) is 0. The first-order valence-electron chi connectivity index (χ1n) is 5.67. The normalized spacial score (nSPS) is 10.4. The van der Waals surface area contributed by atoms with Gasteiger partial charge in [0, 0.05) is 17.9 Å². The Balaban J connectivity index is 2.31. The molecule has 0 aliphatic heterocycles. The molecule has 0 radical (unpaired) electrons. The highest BCUT2D eigenvalue weighted by molar-refractivity contribution is 9.08. The Hall–Kier alpha value is -1.89. The molecule has 19 heavy (non-hydrogen) atoms. The van der Waals surface area contributed by atoms with Gasteiger partial charge in [-0.2, -0.15) is 5.10 Å². The Morgan fingerprint density at radius 3 is 2.89 bits per heavy atom. The van der Waals surface area contributed by atoms with Gasteiger partial charge < -0.3 is 4.74 Å². The number of hydrogen-bond acceptors (Lipinski definition) is 4. The highest BCUT2D eigenvalue weighted by atomic mass is 79.9. The van der Waals surface area contributed by atoms with E-state index in [4.69, 9.17) is 4.74 Å². The lowest BCUT2D eigenvalue weighted by molar-refractivity contribution is -0.385. The van der Waals surface area contributed by atoms with Crippen molar-refractivity contribution < 1.29 is 9.66 Å². The minimum Gasteiger partial charge on any atom is -0.447 e. The number of aryl methyl sites for hydroxylation is 1. The summed E-state index contributed by atoms with van der Waals surface area (Å²) in [5.41, 5.74) is 0.768. The van der Waals surface area contributed by atoms with Crippen LogP contribution in [0.1, 0.15) is 12.5 Å². The molecule has 0 aliphatic rings. The second-order valence-electron chi connectivity index (χ2n) is 3.83. The fraction of sp³-hybridized carbons (Fsp3) is 0.250. The van der Waals surface area contributed by atoms with E-state index in [0.29, 0.717) is 17.6 Å². The van der Waals surface area contributed by atoms with Crippen LogP contribution < -0.4 is 4.74 Å². The molecule has 0 bridgehead atoms. The first-order valence-corrected chi connectivity index (χ1v) is 6.79. The zero-order chi connectivity index (χ0) is 13.8. The van der Waals surface area contributed by atoms with Gasteiger partial charge in [0.15, 0.2) is 5.75 Å². The minimum atomic E-state index is -0.453. The van der Waals surface area contributed by atoms with Crippen molar-refractivity contribution in [2.24, 2.45) is 0 Å². The minimum absolute atomic E-state index is 0.0544. The van der Waals surface area contributed by atoms with E-state index in [1.165, 1.54) is 12.3 Å². The van der Waals surface area contributed by atoms with Crippen LogP contribution in [0.3, 0.4) is 0 Å². The van der Waals surface area contributed by atoms with E-state index >= 15 is 0 Å². The van der Waals surface area contributed by atoms with Crippen LogP contribution in [-0.2, 0) is 11.9 Å². The molecule has 0 amide bonds. The molecule has 2 aromatic rings. The van der Waals surface area contributed by atoms with Crippen LogP contribution in [0, 0.1) is 10.1 Å². The van der Waals surface area contributed by atoms with Crippen molar-refractivity contribution in [3.8, 4) is 11.5 Å². The lowest BCUT2D eigenvalue weighted by Gasteiger charge is -2.05. The SMILES string of the molecule is CCn1cc(Oc2ccc(CBr)cc2[N+](=O)[O-])cn1. The molecule has 100 valence electrons. The van der Waals surface area contributed by atoms with Gasteiger partial charge >= 0.3 is 5.69 Å². The van der Waals surface area contributed by atoms with Crippen molar-refractivity contribution in [3.63, 3.8) is 0 Å². The number of ether oxygens (including phenoxy) is 1. The molecule has 0 fully saturated rings. The van der Waals surface area contributed by atoms with Crippen LogP contribution in [-0.4, -0.2) is 14.7 Å². The average Bonchev–Trinajstić information content (AvgIpc) is 2.86. The number of nitrogens with zero attached hydrogens (tertiary/aromatic N) is 3. The second kappa shape index (κ2) is 5.83. The summed E-state index contributed by atoms with van der Waals surface area (Å²) in [6.07, 6.45) is 3.23. The van der Waals surface area contributed by atoms with Crippen molar-refractivity contribution >= 4 is 21.6 Å². The molecule has 0 saturated heterocycles. The van der Waals surface area contributed by atoms with Gasteiger partial charge in [-0.25, -0.2) is 0 Å². The Kier molecular flexibility index (Phi) is 4.16. The summed E-state index contributed by atoms with van der Waals surface area (Å²) in [4.78, 5) is 10.6. The highest BCUT2D eigenvalue weighted by Gasteiger charge is 2.17. The van der Waals surface area contributed by atoms with Gasteiger partial charge in [0.05, 0.1) is 17.3 Å². The van der Waals surface area contributed by atoms with E-state index in [2.05, 4.69) is 21.0 Å². The predicted octanol–water partition coefficient (Wildman–Crippen LogP) is 3.50. The number of nitro benzene ring substituents is 1. The molecular formula is C12H12BrN3O3. The third-order valence-corrected chi connectivity index (χ3v) is 3.18. The van der Waals surface area contributed by atoms with E-state index in [-0.39, 0.29) is 11.4 Å². The summed E-state index contributed by atoms with van der Waals surface area (Å²) >= 11 is 3.27. The highest BCUT2D eigenvalue weighted by Crippen LogP contribution is 2.32. The quantitative estimate of drug-likeness (QED) is 0.479. The van der Waals surface area contributed by atoms with Crippen LogP contribution >= 0.6 is 15.9 Å². The van der Waals surface area contributed by atoms with Gasteiger partial charge in [-0.15, -0.1) is 0 Å². The number of alkyl halides is 1. The van der Waals surface area contributed by atoms with Crippen LogP contribution in [0.4, 0.5) is 5.69 Å². The monoisotopic (exact) mass is 325 g/mol. The van der Waals surface area contributed by atoms with Crippen molar-refractivity contribution in [1.29, 1.82) is 0 Å². The Labute approximate surface area is 118 Å². The smallest absolute Gasteiger partial charge is 0.311 e. The maximum absolute atomic E-state index is 11.0. The molecule has 7 heteroatoms. The van der Waals surface area contributed by atoms with Gasteiger partial charge in [0.25, 0.3) is 0 Å². The first kappa shape index (κ1) is 13.5. The summed E-state index contributed by atoms with van der Waals surface area (Å²) < 4.78 is 7.20. The molecule has 0 atom stereocenters. The molecule has 1 aromatic heterocycles. The van der Waals surface area contributed by atoms with Crippen molar-refractivity contribution in [2.45, 2.75) is 18.8 Å². The number of rotatable bonds is 5. The van der Waals surface area contributed by atoms with E-state index in [9.17, 15) is 10.1 Å². The van der Waals surface area contributed by atoms with Gasteiger partial charge in [-0.3, -0.25) is 14.8 Å². The summed E-state index contributed by atoms with van der Waals surface area (Å²) in [5, 5.41) is 15.6. The largest absolute Gasteiger partial charge is 0.447 e. The number of benzene rings is 1. The topological polar surface area (TPSA) is 70.2 Å². The van der Waals surface area contributed by atoms with Gasteiger partial charge in [-0.05, 0) is 18.6 Å². The molecule has 0 aliphatic carbocycles. The van der Waals surface area contributed by atoms with Crippen molar-refractivity contribution in [3.05, 3.63) is 46.3 Å².